The van der Waals surface area contributed by atoms with Crippen LogP contribution in [0.2, 0.25) is 5.02 Å². The molecule has 0 radical (unpaired) electrons. The molecule has 4 heteroatoms. The Hall–Kier alpha value is -2.13. The standard InChI is InChI=1S/C18H18ClNO2/c1-20(13-14-6-3-2-4-7-14)18(22)11-10-17(21)15-8-5-9-16(19)12-15/h2-9,12H,10-11,13H2,1H3. The number of halogens is 1. The van der Waals surface area contributed by atoms with Crippen LogP contribution < -0.4 is 0 Å². The van der Waals surface area contributed by atoms with E-state index in [0.717, 1.165) is 5.56 Å². The minimum atomic E-state index is -0.0658. The van der Waals surface area contributed by atoms with Crippen LogP contribution >= 0.6 is 11.6 Å². The molecule has 2 aromatic rings. The largest absolute Gasteiger partial charge is 0.341 e. The van der Waals surface area contributed by atoms with Crippen molar-refractivity contribution in [3.05, 3.63) is 70.7 Å². The molecule has 0 aliphatic rings. The van der Waals surface area contributed by atoms with E-state index in [4.69, 9.17) is 11.6 Å². The molecule has 0 spiro atoms. The number of rotatable bonds is 6. The molecule has 0 aromatic heterocycles. The second-order valence-electron chi connectivity index (χ2n) is 5.17. The molecular weight excluding hydrogens is 298 g/mol. The first-order valence-electron chi connectivity index (χ1n) is 7.13. The molecule has 0 heterocycles. The lowest BCUT2D eigenvalue weighted by atomic mass is 10.1. The molecule has 0 atom stereocenters. The maximum Gasteiger partial charge on any atom is 0.223 e. The van der Waals surface area contributed by atoms with Crippen molar-refractivity contribution in [2.45, 2.75) is 19.4 Å². The summed E-state index contributed by atoms with van der Waals surface area (Å²) < 4.78 is 0. The number of carbonyl (C=O) groups excluding carboxylic acids is 2. The van der Waals surface area contributed by atoms with Gasteiger partial charge in [-0.15, -0.1) is 0 Å². The van der Waals surface area contributed by atoms with Crippen LogP contribution in [0.5, 0.6) is 0 Å². The summed E-state index contributed by atoms with van der Waals surface area (Å²) >= 11 is 5.86. The van der Waals surface area contributed by atoms with Gasteiger partial charge in [0.2, 0.25) is 5.91 Å². The topological polar surface area (TPSA) is 37.4 Å². The van der Waals surface area contributed by atoms with Crippen LogP contribution in [0.3, 0.4) is 0 Å². The number of amides is 1. The van der Waals surface area contributed by atoms with E-state index in [9.17, 15) is 9.59 Å². The highest BCUT2D eigenvalue weighted by molar-refractivity contribution is 6.31. The Morgan fingerprint density at radius 1 is 1.00 bits per heavy atom. The molecule has 0 N–H and O–H groups in total. The molecule has 3 nitrogen and oxygen atoms in total. The lowest BCUT2D eigenvalue weighted by Gasteiger charge is -2.17. The summed E-state index contributed by atoms with van der Waals surface area (Å²) in [5.41, 5.74) is 1.62. The first-order valence-corrected chi connectivity index (χ1v) is 7.50. The number of carbonyl (C=O) groups is 2. The lowest BCUT2D eigenvalue weighted by Crippen LogP contribution is -2.26. The van der Waals surface area contributed by atoms with Gasteiger partial charge in [0.25, 0.3) is 0 Å². The summed E-state index contributed by atoms with van der Waals surface area (Å²) in [5, 5.41) is 0.526. The van der Waals surface area contributed by atoms with Gasteiger partial charge >= 0.3 is 0 Å². The zero-order chi connectivity index (χ0) is 15.9. The first-order chi connectivity index (χ1) is 10.6. The fourth-order valence-corrected chi connectivity index (χ4v) is 2.35. The Labute approximate surface area is 135 Å². The van der Waals surface area contributed by atoms with Crippen molar-refractivity contribution in [2.75, 3.05) is 7.05 Å². The fraction of sp³-hybridized carbons (Fsp3) is 0.222. The van der Waals surface area contributed by atoms with Crippen LogP contribution in [0, 0.1) is 0 Å². The second-order valence-corrected chi connectivity index (χ2v) is 5.61. The molecule has 0 fully saturated rings. The molecule has 2 aromatic carbocycles. The van der Waals surface area contributed by atoms with Gasteiger partial charge in [0.1, 0.15) is 0 Å². The summed E-state index contributed by atoms with van der Waals surface area (Å²) in [4.78, 5) is 25.8. The average Bonchev–Trinajstić information content (AvgIpc) is 2.53. The number of hydrogen-bond donors (Lipinski definition) is 0. The Kier molecular flexibility index (Phi) is 5.73. The van der Waals surface area contributed by atoms with Crippen LogP contribution in [0.1, 0.15) is 28.8 Å². The molecule has 0 saturated carbocycles. The summed E-state index contributed by atoms with van der Waals surface area (Å²) in [6.45, 7) is 0.547. The number of benzene rings is 2. The third kappa shape index (κ3) is 4.71. The van der Waals surface area contributed by atoms with Gasteiger partial charge in [-0.3, -0.25) is 9.59 Å². The third-order valence-electron chi connectivity index (χ3n) is 3.40. The molecule has 1 amide bonds. The van der Waals surface area contributed by atoms with Gasteiger partial charge < -0.3 is 4.90 Å². The van der Waals surface area contributed by atoms with Crippen molar-refractivity contribution in [3.8, 4) is 0 Å². The van der Waals surface area contributed by atoms with E-state index in [2.05, 4.69) is 0 Å². The summed E-state index contributed by atoms with van der Waals surface area (Å²) in [7, 11) is 1.75. The molecule has 22 heavy (non-hydrogen) atoms. The highest BCUT2D eigenvalue weighted by Crippen LogP contribution is 2.13. The Balaban J connectivity index is 1.85. The normalized spacial score (nSPS) is 10.3. The quantitative estimate of drug-likeness (QED) is 0.757. The van der Waals surface area contributed by atoms with Gasteiger partial charge in [-0.1, -0.05) is 54.1 Å². The van der Waals surface area contributed by atoms with E-state index >= 15 is 0 Å². The van der Waals surface area contributed by atoms with Crippen molar-refractivity contribution in [3.63, 3.8) is 0 Å². The predicted molar refractivity (Wildman–Crippen MR) is 87.9 cm³/mol. The van der Waals surface area contributed by atoms with Gasteiger partial charge in [0.15, 0.2) is 5.78 Å². The van der Waals surface area contributed by atoms with Crippen LogP contribution in [0.4, 0.5) is 0 Å². The maximum absolute atomic E-state index is 12.1. The Bertz CT molecular complexity index is 655. The second kappa shape index (κ2) is 7.76. The molecule has 0 aliphatic heterocycles. The van der Waals surface area contributed by atoms with Crippen molar-refractivity contribution >= 4 is 23.3 Å². The van der Waals surface area contributed by atoms with E-state index in [1.165, 1.54) is 0 Å². The minimum absolute atomic E-state index is 0.0424. The number of ketones is 1. The van der Waals surface area contributed by atoms with Gasteiger partial charge in [-0.25, -0.2) is 0 Å². The van der Waals surface area contributed by atoms with Crippen molar-refractivity contribution in [1.82, 2.24) is 4.90 Å². The molecule has 0 aliphatic carbocycles. The summed E-state index contributed by atoms with van der Waals surface area (Å²) in [6, 6.07) is 16.6. The van der Waals surface area contributed by atoms with E-state index in [-0.39, 0.29) is 24.5 Å². The minimum Gasteiger partial charge on any atom is -0.341 e. The van der Waals surface area contributed by atoms with Gasteiger partial charge in [-0.2, -0.15) is 0 Å². The van der Waals surface area contributed by atoms with Gasteiger partial charge in [-0.05, 0) is 17.7 Å². The predicted octanol–water partition coefficient (Wildman–Crippen LogP) is 3.96. The van der Waals surface area contributed by atoms with Gasteiger partial charge in [0.05, 0.1) is 0 Å². The number of Topliss-reactive ketones (excluding diaryl/α,β-unsaturated/α-hetero) is 1. The Morgan fingerprint density at radius 3 is 2.41 bits per heavy atom. The first kappa shape index (κ1) is 16.2. The zero-order valence-electron chi connectivity index (χ0n) is 12.5. The van der Waals surface area contributed by atoms with E-state index < -0.39 is 0 Å². The molecule has 0 unspecified atom stereocenters. The average molecular weight is 316 g/mol. The molecule has 2 rings (SSSR count). The van der Waals surface area contributed by atoms with Crippen molar-refractivity contribution < 1.29 is 9.59 Å². The summed E-state index contributed by atoms with van der Waals surface area (Å²) in [5.74, 6) is -0.108. The van der Waals surface area contributed by atoms with Crippen LogP contribution in [0.15, 0.2) is 54.6 Å². The van der Waals surface area contributed by atoms with Crippen molar-refractivity contribution in [2.24, 2.45) is 0 Å². The Morgan fingerprint density at radius 2 is 1.73 bits per heavy atom. The van der Waals surface area contributed by atoms with Crippen LogP contribution in [-0.4, -0.2) is 23.6 Å². The number of nitrogens with zero attached hydrogens (tertiary/aromatic N) is 1. The number of hydrogen-bond acceptors (Lipinski definition) is 2. The summed E-state index contributed by atoms with van der Waals surface area (Å²) in [6.07, 6.45) is 0.396. The monoisotopic (exact) mass is 315 g/mol. The third-order valence-corrected chi connectivity index (χ3v) is 3.64. The maximum atomic E-state index is 12.1. The van der Waals surface area contributed by atoms with E-state index in [1.54, 1.807) is 36.2 Å². The fourth-order valence-electron chi connectivity index (χ4n) is 2.16. The smallest absolute Gasteiger partial charge is 0.223 e. The zero-order valence-corrected chi connectivity index (χ0v) is 13.2. The lowest BCUT2D eigenvalue weighted by molar-refractivity contribution is -0.130. The van der Waals surface area contributed by atoms with E-state index in [1.807, 2.05) is 30.3 Å². The van der Waals surface area contributed by atoms with E-state index in [0.29, 0.717) is 17.1 Å². The van der Waals surface area contributed by atoms with Crippen LogP contribution in [-0.2, 0) is 11.3 Å². The van der Waals surface area contributed by atoms with Crippen molar-refractivity contribution in [1.29, 1.82) is 0 Å². The highest BCUT2D eigenvalue weighted by atomic mass is 35.5. The molecular formula is C18H18ClNO2. The molecule has 114 valence electrons. The molecule has 0 bridgehead atoms. The SMILES string of the molecule is CN(Cc1ccccc1)C(=O)CCC(=O)c1cccc(Cl)c1. The van der Waals surface area contributed by atoms with Crippen LogP contribution in [0.25, 0.3) is 0 Å². The molecule has 0 saturated heterocycles. The van der Waals surface area contributed by atoms with Gasteiger partial charge in [0, 0.05) is 37.0 Å². The highest BCUT2D eigenvalue weighted by Gasteiger charge is 2.13.